The standard InChI is InChI=1S/C15H22N2O3S/c1-20-13-9-11(16)7-8-14(13)21(19)10-15(18)17-12-5-3-2-4-6-12/h7-9,12H,2-6,10,16H2,1H3,(H,17,18). The van der Waals surface area contributed by atoms with E-state index in [2.05, 4.69) is 5.32 Å². The molecule has 0 aromatic heterocycles. The maximum atomic E-state index is 12.3. The topological polar surface area (TPSA) is 81.4 Å². The van der Waals surface area contributed by atoms with Gasteiger partial charge in [-0.1, -0.05) is 19.3 Å². The van der Waals surface area contributed by atoms with E-state index in [4.69, 9.17) is 10.5 Å². The first-order valence-electron chi connectivity index (χ1n) is 7.21. The van der Waals surface area contributed by atoms with Crippen LogP contribution >= 0.6 is 0 Å². The molecule has 1 aromatic carbocycles. The predicted molar refractivity (Wildman–Crippen MR) is 83.7 cm³/mol. The summed E-state index contributed by atoms with van der Waals surface area (Å²) in [6.07, 6.45) is 5.58. The number of nitrogens with one attached hydrogen (secondary N) is 1. The average Bonchev–Trinajstić information content (AvgIpc) is 2.47. The number of anilines is 1. The summed E-state index contributed by atoms with van der Waals surface area (Å²) in [5.74, 6) is 0.245. The van der Waals surface area contributed by atoms with E-state index >= 15 is 0 Å². The molecule has 1 fully saturated rings. The molecule has 5 nitrogen and oxygen atoms in total. The number of methoxy groups -OCH3 is 1. The monoisotopic (exact) mass is 310 g/mol. The fourth-order valence-electron chi connectivity index (χ4n) is 2.59. The number of hydrogen-bond acceptors (Lipinski definition) is 4. The van der Waals surface area contributed by atoms with Gasteiger partial charge in [-0.25, -0.2) is 0 Å². The molecule has 0 bridgehead atoms. The van der Waals surface area contributed by atoms with Crippen LogP contribution in [0, 0.1) is 0 Å². The number of hydrogen-bond donors (Lipinski definition) is 2. The first-order chi connectivity index (χ1) is 10.1. The van der Waals surface area contributed by atoms with Crippen molar-refractivity contribution in [1.82, 2.24) is 5.32 Å². The normalized spacial score (nSPS) is 17.2. The molecule has 6 heteroatoms. The van der Waals surface area contributed by atoms with E-state index in [1.165, 1.54) is 13.5 Å². The molecule has 1 atom stereocenters. The number of nitrogen functional groups attached to an aromatic ring is 1. The van der Waals surface area contributed by atoms with E-state index < -0.39 is 10.8 Å². The number of rotatable bonds is 5. The fourth-order valence-corrected chi connectivity index (χ4v) is 3.65. The van der Waals surface area contributed by atoms with Crippen LogP contribution in [0.2, 0.25) is 0 Å². The van der Waals surface area contributed by atoms with Gasteiger partial charge in [-0.05, 0) is 25.0 Å². The van der Waals surface area contributed by atoms with Crippen LogP contribution in [0.1, 0.15) is 32.1 Å². The van der Waals surface area contributed by atoms with Gasteiger partial charge in [0.1, 0.15) is 11.5 Å². The molecule has 0 radical (unpaired) electrons. The van der Waals surface area contributed by atoms with Crippen LogP contribution in [0.4, 0.5) is 5.69 Å². The third-order valence-electron chi connectivity index (χ3n) is 3.67. The zero-order valence-corrected chi connectivity index (χ0v) is 13.1. The summed E-state index contributed by atoms with van der Waals surface area (Å²) in [5, 5.41) is 2.97. The lowest BCUT2D eigenvalue weighted by molar-refractivity contribution is -0.119. The molecular formula is C15H22N2O3S. The van der Waals surface area contributed by atoms with Crippen LogP contribution in [0.15, 0.2) is 23.1 Å². The summed E-state index contributed by atoms with van der Waals surface area (Å²) in [7, 11) is 0.0675. The van der Waals surface area contributed by atoms with Gasteiger partial charge in [-0.3, -0.25) is 9.00 Å². The van der Waals surface area contributed by atoms with Crippen molar-refractivity contribution in [3.05, 3.63) is 18.2 Å². The maximum Gasteiger partial charge on any atom is 0.233 e. The lowest BCUT2D eigenvalue weighted by Crippen LogP contribution is -2.38. The zero-order valence-electron chi connectivity index (χ0n) is 12.3. The van der Waals surface area contributed by atoms with Crippen LogP contribution in [0.25, 0.3) is 0 Å². The Morgan fingerprint density at radius 1 is 1.38 bits per heavy atom. The van der Waals surface area contributed by atoms with Gasteiger partial charge in [0.05, 0.1) is 22.8 Å². The first kappa shape index (κ1) is 15.8. The van der Waals surface area contributed by atoms with Crippen molar-refractivity contribution in [2.24, 2.45) is 0 Å². The second-order valence-corrected chi connectivity index (χ2v) is 6.72. The number of carbonyl (C=O) groups excluding carboxylic acids is 1. The minimum absolute atomic E-state index is 0.0449. The molecule has 0 aliphatic heterocycles. The van der Waals surface area contributed by atoms with Gasteiger partial charge in [0.15, 0.2) is 0 Å². The summed E-state index contributed by atoms with van der Waals surface area (Å²) in [6, 6.07) is 5.16. The minimum atomic E-state index is -1.43. The maximum absolute atomic E-state index is 12.3. The third-order valence-corrected chi connectivity index (χ3v) is 5.02. The Bertz CT molecular complexity index is 528. The van der Waals surface area contributed by atoms with Gasteiger partial charge >= 0.3 is 0 Å². The second-order valence-electron chi connectivity index (χ2n) is 5.30. The second kappa shape index (κ2) is 7.45. The quantitative estimate of drug-likeness (QED) is 0.813. The van der Waals surface area contributed by atoms with Crippen molar-refractivity contribution < 1.29 is 13.7 Å². The Hall–Kier alpha value is -1.56. The molecule has 1 saturated carbocycles. The van der Waals surface area contributed by atoms with E-state index in [9.17, 15) is 9.00 Å². The Balaban J connectivity index is 1.95. The molecule has 0 saturated heterocycles. The molecule has 2 rings (SSSR count). The lowest BCUT2D eigenvalue weighted by atomic mass is 9.95. The Morgan fingerprint density at radius 3 is 2.76 bits per heavy atom. The minimum Gasteiger partial charge on any atom is -0.495 e. The highest BCUT2D eigenvalue weighted by molar-refractivity contribution is 7.85. The van der Waals surface area contributed by atoms with Gasteiger partial charge in [-0.15, -0.1) is 0 Å². The molecule has 1 aliphatic carbocycles. The van der Waals surface area contributed by atoms with Crippen LogP contribution < -0.4 is 15.8 Å². The average molecular weight is 310 g/mol. The van der Waals surface area contributed by atoms with Crippen molar-refractivity contribution in [1.29, 1.82) is 0 Å². The highest BCUT2D eigenvalue weighted by Crippen LogP contribution is 2.25. The Kier molecular flexibility index (Phi) is 5.61. The van der Waals surface area contributed by atoms with Gasteiger partial charge in [0.2, 0.25) is 5.91 Å². The highest BCUT2D eigenvalue weighted by Gasteiger charge is 2.19. The molecule has 1 amide bonds. The summed E-state index contributed by atoms with van der Waals surface area (Å²) < 4.78 is 17.5. The molecule has 21 heavy (non-hydrogen) atoms. The smallest absolute Gasteiger partial charge is 0.233 e. The number of nitrogens with two attached hydrogens (primary N) is 1. The van der Waals surface area contributed by atoms with Crippen molar-refractivity contribution in [2.75, 3.05) is 18.6 Å². The number of carbonyl (C=O) groups is 1. The first-order valence-corrected chi connectivity index (χ1v) is 8.53. The molecule has 0 heterocycles. The van der Waals surface area contributed by atoms with E-state index in [1.807, 2.05) is 0 Å². The van der Waals surface area contributed by atoms with Crippen molar-refractivity contribution >= 4 is 22.4 Å². The Labute approximate surface area is 127 Å². The summed E-state index contributed by atoms with van der Waals surface area (Å²) in [6.45, 7) is 0. The molecule has 1 unspecified atom stereocenters. The van der Waals surface area contributed by atoms with E-state index in [0.717, 1.165) is 25.7 Å². The third kappa shape index (κ3) is 4.46. The Morgan fingerprint density at radius 2 is 2.10 bits per heavy atom. The summed E-state index contributed by atoms with van der Waals surface area (Å²) in [5.41, 5.74) is 6.21. The summed E-state index contributed by atoms with van der Waals surface area (Å²) in [4.78, 5) is 12.5. The predicted octanol–water partition coefficient (Wildman–Crippen LogP) is 1.83. The number of ether oxygens (including phenoxy) is 1. The van der Waals surface area contributed by atoms with Gasteiger partial charge in [-0.2, -0.15) is 0 Å². The van der Waals surface area contributed by atoms with Crippen molar-refractivity contribution in [3.8, 4) is 5.75 Å². The van der Waals surface area contributed by atoms with Crippen LogP contribution in [0.5, 0.6) is 5.75 Å². The van der Waals surface area contributed by atoms with Crippen LogP contribution in [0.3, 0.4) is 0 Å². The van der Waals surface area contributed by atoms with E-state index in [1.54, 1.807) is 18.2 Å². The van der Waals surface area contributed by atoms with E-state index in [-0.39, 0.29) is 17.7 Å². The number of amides is 1. The number of benzene rings is 1. The van der Waals surface area contributed by atoms with Crippen molar-refractivity contribution in [2.45, 2.75) is 43.0 Å². The van der Waals surface area contributed by atoms with Crippen molar-refractivity contribution in [3.63, 3.8) is 0 Å². The van der Waals surface area contributed by atoms with Gasteiger partial charge in [0.25, 0.3) is 0 Å². The van der Waals surface area contributed by atoms with Gasteiger partial charge < -0.3 is 15.8 Å². The molecule has 116 valence electrons. The van der Waals surface area contributed by atoms with Crippen LogP contribution in [-0.2, 0) is 15.6 Å². The zero-order chi connectivity index (χ0) is 15.2. The molecule has 1 aromatic rings. The highest BCUT2D eigenvalue weighted by atomic mass is 32.2. The fraction of sp³-hybridized carbons (Fsp3) is 0.533. The molecule has 1 aliphatic rings. The van der Waals surface area contributed by atoms with Crippen LogP contribution in [-0.4, -0.2) is 29.0 Å². The molecular weight excluding hydrogens is 288 g/mol. The van der Waals surface area contributed by atoms with E-state index in [0.29, 0.717) is 16.3 Å². The molecule has 3 N–H and O–H groups in total. The SMILES string of the molecule is COc1cc(N)ccc1S(=O)CC(=O)NC1CCCCC1. The largest absolute Gasteiger partial charge is 0.495 e. The lowest BCUT2D eigenvalue weighted by Gasteiger charge is -2.22. The van der Waals surface area contributed by atoms with Gasteiger partial charge in [0, 0.05) is 17.8 Å². The summed E-state index contributed by atoms with van der Waals surface area (Å²) >= 11 is 0. The molecule has 0 spiro atoms.